The lowest BCUT2D eigenvalue weighted by Crippen LogP contribution is -2.55. The van der Waals surface area contributed by atoms with Gasteiger partial charge in [0, 0.05) is 31.3 Å². The number of aromatic amines is 1. The molecule has 21 nitrogen and oxygen atoms in total. The van der Waals surface area contributed by atoms with Crippen LogP contribution in [0.1, 0.15) is 142 Å². The van der Waals surface area contributed by atoms with Crippen molar-refractivity contribution in [2.45, 2.75) is 173 Å². The van der Waals surface area contributed by atoms with Gasteiger partial charge < -0.3 is 55.6 Å². The van der Waals surface area contributed by atoms with Gasteiger partial charge in [-0.2, -0.15) is 0 Å². The number of carbonyl (C=O) groups excluding carboxylic acids is 5. The Labute approximate surface area is 396 Å². The number of aliphatic carboxylic acids is 1. The summed E-state index contributed by atoms with van der Waals surface area (Å²) in [7, 11) is 2.07. The molecule has 2 heterocycles. The molecule has 382 valence electrons. The minimum absolute atomic E-state index is 0.0808. The zero-order valence-electron chi connectivity index (χ0n) is 40.6. The number of H-pyrrole nitrogens is 1. The van der Waals surface area contributed by atoms with E-state index in [2.05, 4.69) is 32.8 Å². The molecular formula is C45H79N8O13P. The molecule has 2 rings (SSSR count). The highest BCUT2D eigenvalue weighted by Gasteiger charge is 2.47. The fraction of sp³-hybridized carbons (Fsp3) is 0.756. The number of esters is 2. The maximum Gasteiger partial charge on any atom is 0.395 e. The predicted octanol–water partition coefficient (Wildman–Crippen LogP) is 4.77. The molecule has 0 saturated heterocycles. The summed E-state index contributed by atoms with van der Waals surface area (Å²) in [6.07, 6.45) is 16.6. The lowest BCUT2D eigenvalue weighted by atomic mass is 10.0. The van der Waals surface area contributed by atoms with Gasteiger partial charge in [0.25, 0.3) is 5.76 Å². The lowest BCUT2D eigenvalue weighted by Gasteiger charge is -2.29. The number of carboxylic acids is 1. The Morgan fingerprint density at radius 2 is 1.43 bits per heavy atom. The molecule has 0 spiro atoms. The summed E-state index contributed by atoms with van der Waals surface area (Å²) in [4.78, 5) is 84.1. The minimum Gasteiger partial charge on any atom is -0.505 e. The van der Waals surface area contributed by atoms with Gasteiger partial charge in [-0.1, -0.05) is 90.4 Å². The van der Waals surface area contributed by atoms with E-state index >= 15 is 0 Å². The number of nitrogens with zero attached hydrogens (tertiary/aromatic N) is 3. The van der Waals surface area contributed by atoms with Crippen molar-refractivity contribution in [2.75, 3.05) is 47.9 Å². The van der Waals surface area contributed by atoms with Crippen molar-refractivity contribution < 1.29 is 62.3 Å². The fourth-order valence-corrected chi connectivity index (χ4v) is 8.63. The summed E-state index contributed by atoms with van der Waals surface area (Å²) in [6.45, 7) is 3.93. The van der Waals surface area contributed by atoms with Crippen LogP contribution in [0.3, 0.4) is 0 Å². The van der Waals surface area contributed by atoms with Crippen LogP contribution >= 0.6 is 7.67 Å². The molecular weight excluding hydrogens is 892 g/mol. The number of aliphatic hydroxyl groups is 1. The third kappa shape index (κ3) is 22.0. The monoisotopic (exact) mass is 971 g/mol. The number of carbonyl (C=O) groups is 6. The number of nitrogens with one attached hydrogen (secondary N) is 4. The lowest BCUT2D eigenvalue weighted by molar-refractivity contribution is -0.167. The van der Waals surface area contributed by atoms with Gasteiger partial charge in [-0.3, -0.25) is 19.2 Å². The number of ether oxygens (including phenoxy) is 3. The number of imidazole rings is 1. The maximum absolute atomic E-state index is 13.5. The standard InChI is InChI=1S/C45H79N8O13P/c1-7-8-9-10-11-12-13-14-15-16-17-18-19-22-27-63-30-36(40-39(56)41(45(61)65-40)66-67(62,52(3)4)53(5)6)64-38(55)25-24-37(54)49-32(2)42(57)50-34(23-20-21-26-46)43(58)51-35(44(59)60)28-33-29-47-31-48-33/h29,31-32,34-36,40,56H,7-28,30,46H2,1-6H3,(H,47,48)(H,49,54)(H,50,57)(H,51,58)(H,59,60). The number of rotatable bonds is 38. The third-order valence-electron chi connectivity index (χ3n) is 11.2. The number of unbranched alkanes of at least 4 members (excludes halogenated alkanes) is 14. The van der Waals surface area contributed by atoms with Gasteiger partial charge in [0.15, 0.2) is 11.9 Å². The molecule has 0 radical (unpaired) electrons. The Hall–Kier alpha value is -4.56. The van der Waals surface area contributed by atoms with E-state index < -0.39 is 98.0 Å². The molecule has 1 aromatic rings. The number of nitrogens with two attached hydrogens (primary N) is 1. The third-order valence-corrected chi connectivity index (χ3v) is 13.6. The van der Waals surface area contributed by atoms with Crippen LogP contribution < -0.4 is 21.7 Å². The molecule has 5 atom stereocenters. The molecule has 22 heteroatoms. The Kier molecular flexibility index (Phi) is 28.2. The highest BCUT2D eigenvalue weighted by Crippen LogP contribution is 2.53. The van der Waals surface area contributed by atoms with Crippen molar-refractivity contribution in [3.8, 4) is 0 Å². The summed E-state index contributed by atoms with van der Waals surface area (Å²) in [5.41, 5.74) is 6.09. The normalized spacial score (nSPS) is 15.8. The SMILES string of the molecule is CCCCCCCCCCCCCCCCOCC(OC(=O)CCC(=O)NC(C)C(=O)NC(CCCCN)C(=O)NC(Cc1cnc[nH]1)C(=O)O)C1OC(=O)C(OP(=O)(N(C)C)N(C)C)=C1O. The molecule has 0 saturated carbocycles. The van der Waals surface area contributed by atoms with Gasteiger partial charge >= 0.3 is 25.6 Å². The van der Waals surface area contributed by atoms with E-state index in [4.69, 9.17) is 24.5 Å². The molecule has 1 aliphatic heterocycles. The van der Waals surface area contributed by atoms with Gasteiger partial charge in [-0.25, -0.2) is 28.5 Å². The zero-order chi connectivity index (χ0) is 49.8. The maximum atomic E-state index is 13.5. The van der Waals surface area contributed by atoms with Crippen LogP contribution in [0, 0.1) is 0 Å². The van der Waals surface area contributed by atoms with Crippen LogP contribution in [0.5, 0.6) is 0 Å². The smallest absolute Gasteiger partial charge is 0.395 e. The van der Waals surface area contributed by atoms with E-state index in [9.17, 15) is 43.5 Å². The average molecular weight is 971 g/mol. The predicted molar refractivity (Wildman–Crippen MR) is 250 cm³/mol. The van der Waals surface area contributed by atoms with Crippen LogP contribution in [0.25, 0.3) is 0 Å². The van der Waals surface area contributed by atoms with Crippen LogP contribution in [0.2, 0.25) is 0 Å². The summed E-state index contributed by atoms with van der Waals surface area (Å²) in [5, 5.41) is 28.4. The van der Waals surface area contributed by atoms with E-state index in [-0.39, 0.29) is 19.4 Å². The van der Waals surface area contributed by atoms with E-state index in [1.165, 1.54) is 121 Å². The van der Waals surface area contributed by atoms with Gasteiger partial charge in [-0.15, -0.1) is 0 Å². The molecule has 1 aliphatic rings. The number of aromatic nitrogens is 2. The van der Waals surface area contributed by atoms with Crippen molar-refractivity contribution in [1.29, 1.82) is 0 Å². The number of hydrogen-bond acceptors (Lipinski definition) is 14. The molecule has 3 amide bonds. The summed E-state index contributed by atoms with van der Waals surface area (Å²) in [6, 6.07) is -3.65. The first kappa shape index (κ1) is 58.6. The van der Waals surface area contributed by atoms with Crippen LogP contribution in [0.15, 0.2) is 24.0 Å². The molecule has 5 unspecified atom stereocenters. The second-order valence-electron chi connectivity index (χ2n) is 17.3. The Bertz CT molecular complexity index is 1730. The van der Waals surface area contributed by atoms with E-state index in [0.717, 1.165) is 19.3 Å². The van der Waals surface area contributed by atoms with Crippen molar-refractivity contribution >= 4 is 43.3 Å². The van der Waals surface area contributed by atoms with E-state index in [1.807, 2.05) is 0 Å². The molecule has 1 aromatic heterocycles. The first-order chi connectivity index (χ1) is 31.9. The first-order valence-corrected chi connectivity index (χ1v) is 25.3. The molecule has 8 N–H and O–H groups in total. The van der Waals surface area contributed by atoms with Crippen LogP contribution in [-0.2, 0) is 58.5 Å². The van der Waals surface area contributed by atoms with Crippen molar-refractivity contribution in [3.05, 3.63) is 29.7 Å². The van der Waals surface area contributed by atoms with Gasteiger partial charge in [-0.05, 0) is 67.3 Å². The quantitative estimate of drug-likeness (QED) is 0.0267. The van der Waals surface area contributed by atoms with E-state index in [1.54, 1.807) is 0 Å². The van der Waals surface area contributed by atoms with E-state index in [0.29, 0.717) is 38.1 Å². The van der Waals surface area contributed by atoms with Crippen molar-refractivity contribution in [1.82, 2.24) is 35.3 Å². The van der Waals surface area contributed by atoms with Gasteiger partial charge in [0.05, 0.1) is 19.4 Å². The molecule has 0 aliphatic carbocycles. The van der Waals surface area contributed by atoms with Crippen molar-refractivity contribution in [3.63, 3.8) is 0 Å². The minimum atomic E-state index is -3.82. The number of aliphatic hydroxyl groups excluding tert-OH is 1. The Balaban J connectivity index is 1.99. The van der Waals surface area contributed by atoms with Crippen LogP contribution in [-0.4, -0.2) is 143 Å². The second-order valence-corrected chi connectivity index (χ2v) is 20.1. The topological polar surface area (TPSA) is 294 Å². The molecule has 0 bridgehead atoms. The fourth-order valence-electron chi connectivity index (χ4n) is 7.19. The largest absolute Gasteiger partial charge is 0.505 e. The first-order valence-electron chi connectivity index (χ1n) is 23.8. The second kappa shape index (κ2) is 32.2. The zero-order valence-corrected chi connectivity index (χ0v) is 41.5. The van der Waals surface area contributed by atoms with Gasteiger partial charge in [0.1, 0.15) is 18.1 Å². The van der Waals surface area contributed by atoms with Gasteiger partial charge in [0.2, 0.25) is 23.8 Å². The molecule has 0 aromatic carbocycles. The number of hydrogen-bond donors (Lipinski definition) is 7. The number of cyclic esters (lactones) is 1. The van der Waals surface area contributed by atoms with Crippen LogP contribution in [0.4, 0.5) is 0 Å². The summed E-state index contributed by atoms with van der Waals surface area (Å²) >= 11 is 0. The average Bonchev–Trinajstić information content (AvgIpc) is 3.90. The Morgan fingerprint density at radius 3 is 1.97 bits per heavy atom. The number of carboxylic acid groups (broad SMARTS) is 1. The summed E-state index contributed by atoms with van der Waals surface area (Å²) in [5.74, 6) is -6.97. The van der Waals surface area contributed by atoms with Crippen molar-refractivity contribution in [2.24, 2.45) is 5.73 Å². The molecule has 0 fully saturated rings. The number of amides is 3. The summed E-state index contributed by atoms with van der Waals surface area (Å²) < 4.78 is 38.4. The highest BCUT2D eigenvalue weighted by atomic mass is 31.2. The molecule has 67 heavy (non-hydrogen) atoms. The highest BCUT2D eigenvalue weighted by molar-refractivity contribution is 7.54. The Morgan fingerprint density at radius 1 is 0.851 bits per heavy atom.